The van der Waals surface area contributed by atoms with Crippen LogP contribution in [0.15, 0.2) is 40.4 Å². The van der Waals surface area contributed by atoms with Crippen molar-refractivity contribution in [3.05, 3.63) is 35.5 Å². The lowest BCUT2D eigenvalue weighted by Crippen LogP contribution is -2.51. The van der Waals surface area contributed by atoms with Gasteiger partial charge in [-0.15, -0.1) is 11.8 Å². The van der Waals surface area contributed by atoms with E-state index in [0.717, 1.165) is 10.6 Å². The van der Waals surface area contributed by atoms with E-state index >= 15 is 0 Å². The van der Waals surface area contributed by atoms with Crippen molar-refractivity contribution in [3.8, 4) is 5.75 Å². The fraction of sp³-hybridized carbons (Fsp3) is 0.421. The van der Waals surface area contributed by atoms with Crippen LogP contribution in [0.1, 0.15) is 20.3 Å². The van der Waals surface area contributed by atoms with Gasteiger partial charge in [-0.05, 0) is 37.6 Å². The Kier molecular flexibility index (Phi) is 8.19. The van der Waals surface area contributed by atoms with E-state index in [-0.39, 0.29) is 30.2 Å². The number of rotatable bonds is 9. The second-order valence-corrected chi connectivity index (χ2v) is 6.85. The Balaban J connectivity index is 1.98. The average molecular weight is 408 g/mol. The molecule has 0 spiro atoms. The first-order valence-electron chi connectivity index (χ1n) is 8.88. The fourth-order valence-corrected chi connectivity index (χ4v) is 3.28. The molecule has 0 bridgehead atoms. The molecule has 1 aliphatic heterocycles. The van der Waals surface area contributed by atoms with Gasteiger partial charge in [-0.25, -0.2) is 9.59 Å². The summed E-state index contributed by atoms with van der Waals surface area (Å²) in [6.45, 7) is 3.54. The van der Waals surface area contributed by atoms with Gasteiger partial charge in [0.1, 0.15) is 12.4 Å². The number of amides is 2. The number of benzene rings is 1. The Morgan fingerprint density at radius 2 is 1.86 bits per heavy atom. The number of hydrogen-bond donors (Lipinski definition) is 2. The predicted molar refractivity (Wildman–Crippen MR) is 104 cm³/mol. The molecule has 28 heavy (non-hydrogen) atoms. The molecule has 0 saturated heterocycles. The SMILES string of the molecule is CCOC(=O)C1=C(COC(=O)CSc2ccc(OC)cc2)NC(=O)N[C@@H]1CC. The van der Waals surface area contributed by atoms with E-state index in [0.29, 0.717) is 6.42 Å². The van der Waals surface area contributed by atoms with Gasteiger partial charge in [0.05, 0.1) is 36.8 Å². The Bertz CT molecular complexity index is 747. The van der Waals surface area contributed by atoms with E-state index in [2.05, 4.69) is 10.6 Å². The molecule has 1 heterocycles. The predicted octanol–water partition coefficient (Wildman–Crippen LogP) is 2.24. The summed E-state index contributed by atoms with van der Waals surface area (Å²) in [5.74, 6) is -0.173. The number of hydrogen-bond acceptors (Lipinski definition) is 7. The van der Waals surface area contributed by atoms with E-state index in [4.69, 9.17) is 14.2 Å². The van der Waals surface area contributed by atoms with E-state index in [1.807, 2.05) is 19.1 Å². The largest absolute Gasteiger partial charge is 0.497 e. The Labute approximate surface area is 168 Å². The van der Waals surface area contributed by atoms with Crippen molar-refractivity contribution in [2.45, 2.75) is 31.2 Å². The minimum Gasteiger partial charge on any atom is -0.497 e. The highest BCUT2D eigenvalue weighted by atomic mass is 32.2. The van der Waals surface area contributed by atoms with Crippen molar-refractivity contribution >= 4 is 29.7 Å². The summed E-state index contributed by atoms with van der Waals surface area (Å²) >= 11 is 1.32. The third kappa shape index (κ3) is 5.91. The van der Waals surface area contributed by atoms with Gasteiger partial charge in [-0.2, -0.15) is 0 Å². The number of esters is 2. The minimum absolute atomic E-state index is 0.0950. The van der Waals surface area contributed by atoms with E-state index in [9.17, 15) is 14.4 Å². The highest BCUT2D eigenvalue weighted by Crippen LogP contribution is 2.22. The summed E-state index contributed by atoms with van der Waals surface area (Å²) in [7, 11) is 1.58. The molecular formula is C19H24N2O6S. The first kappa shape index (κ1) is 21.6. The molecular weight excluding hydrogens is 384 g/mol. The normalized spacial score (nSPS) is 16.1. The van der Waals surface area contributed by atoms with Crippen molar-refractivity contribution in [1.82, 2.24) is 10.6 Å². The molecule has 0 saturated carbocycles. The van der Waals surface area contributed by atoms with Crippen LogP contribution in [0.5, 0.6) is 5.75 Å². The lowest BCUT2D eigenvalue weighted by Gasteiger charge is -2.28. The summed E-state index contributed by atoms with van der Waals surface area (Å²) in [6.07, 6.45) is 0.506. The Morgan fingerprint density at radius 3 is 2.46 bits per heavy atom. The van der Waals surface area contributed by atoms with Gasteiger partial charge in [0.25, 0.3) is 0 Å². The molecule has 152 valence electrons. The number of nitrogens with one attached hydrogen (secondary N) is 2. The fourth-order valence-electron chi connectivity index (χ4n) is 2.58. The van der Waals surface area contributed by atoms with Gasteiger partial charge < -0.3 is 24.8 Å². The maximum Gasteiger partial charge on any atom is 0.338 e. The molecule has 2 N–H and O–H groups in total. The highest BCUT2D eigenvalue weighted by Gasteiger charge is 2.31. The van der Waals surface area contributed by atoms with Gasteiger partial charge in [-0.3, -0.25) is 4.79 Å². The topological polar surface area (TPSA) is 103 Å². The molecule has 0 fully saturated rings. The van der Waals surface area contributed by atoms with E-state index in [1.165, 1.54) is 11.8 Å². The Hall–Kier alpha value is -2.68. The van der Waals surface area contributed by atoms with Crippen molar-refractivity contribution in [2.24, 2.45) is 0 Å². The maximum absolute atomic E-state index is 12.3. The highest BCUT2D eigenvalue weighted by molar-refractivity contribution is 8.00. The molecule has 0 unspecified atom stereocenters. The smallest absolute Gasteiger partial charge is 0.338 e. The average Bonchev–Trinajstić information content (AvgIpc) is 2.70. The molecule has 0 aliphatic carbocycles. The van der Waals surface area contributed by atoms with Crippen LogP contribution in [0.3, 0.4) is 0 Å². The van der Waals surface area contributed by atoms with Gasteiger partial charge in [0.2, 0.25) is 0 Å². The van der Waals surface area contributed by atoms with Crippen LogP contribution in [0.25, 0.3) is 0 Å². The zero-order valence-corrected chi connectivity index (χ0v) is 16.9. The molecule has 1 atom stereocenters. The summed E-state index contributed by atoms with van der Waals surface area (Å²) in [4.78, 5) is 37.1. The number of ether oxygens (including phenoxy) is 3. The molecule has 0 aromatic heterocycles. The second kappa shape index (κ2) is 10.6. The zero-order valence-electron chi connectivity index (χ0n) is 16.1. The van der Waals surface area contributed by atoms with Crippen LogP contribution < -0.4 is 15.4 Å². The zero-order chi connectivity index (χ0) is 20.5. The number of urea groups is 1. The van der Waals surface area contributed by atoms with Crippen LogP contribution in [0.4, 0.5) is 4.79 Å². The number of carbonyl (C=O) groups is 3. The first-order valence-corrected chi connectivity index (χ1v) is 9.87. The standard InChI is InChI=1S/C19H24N2O6S/c1-4-14-17(18(23)26-5-2)15(21-19(24)20-14)10-27-16(22)11-28-13-8-6-12(25-3)7-9-13/h6-9,14H,4-5,10-11H2,1-3H3,(H2,20,21,24)/t14-/m1/s1. The minimum atomic E-state index is -0.541. The van der Waals surface area contributed by atoms with Crippen LogP contribution in [0.2, 0.25) is 0 Å². The molecule has 2 amide bonds. The molecule has 2 rings (SSSR count). The van der Waals surface area contributed by atoms with Gasteiger partial charge in [-0.1, -0.05) is 6.92 Å². The molecule has 1 aromatic rings. The number of thioether (sulfide) groups is 1. The molecule has 8 nitrogen and oxygen atoms in total. The van der Waals surface area contributed by atoms with Gasteiger partial charge >= 0.3 is 18.0 Å². The molecule has 0 radical (unpaired) electrons. The lowest BCUT2D eigenvalue weighted by atomic mass is 10.0. The van der Waals surface area contributed by atoms with Crippen LogP contribution in [0, 0.1) is 0 Å². The van der Waals surface area contributed by atoms with Crippen molar-refractivity contribution in [2.75, 3.05) is 26.1 Å². The number of carbonyl (C=O) groups excluding carboxylic acids is 3. The van der Waals surface area contributed by atoms with Crippen molar-refractivity contribution in [1.29, 1.82) is 0 Å². The summed E-state index contributed by atoms with van der Waals surface area (Å²) in [6, 6.07) is 6.36. The Morgan fingerprint density at radius 1 is 1.14 bits per heavy atom. The van der Waals surface area contributed by atoms with Crippen LogP contribution >= 0.6 is 11.8 Å². The van der Waals surface area contributed by atoms with Gasteiger partial charge in [0.15, 0.2) is 0 Å². The monoisotopic (exact) mass is 408 g/mol. The number of methoxy groups -OCH3 is 1. The maximum atomic E-state index is 12.3. The first-order chi connectivity index (χ1) is 13.5. The quantitative estimate of drug-likeness (QED) is 0.477. The van der Waals surface area contributed by atoms with Gasteiger partial charge in [0, 0.05) is 4.90 Å². The second-order valence-electron chi connectivity index (χ2n) is 5.80. The summed E-state index contributed by atoms with van der Waals surface area (Å²) in [5, 5.41) is 5.21. The van der Waals surface area contributed by atoms with E-state index in [1.54, 1.807) is 26.2 Å². The summed E-state index contributed by atoms with van der Waals surface area (Å²) < 4.78 is 15.4. The van der Waals surface area contributed by atoms with Crippen LogP contribution in [-0.2, 0) is 19.1 Å². The summed E-state index contributed by atoms with van der Waals surface area (Å²) in [5.41, 5.74) is 0.524. The third-order valence-electron chi connectivity index (χ3n) is 3.94. The van der Waals surface area contributed by atoms with E-state index < -0.39 is 24.0 Å². The molecule has 1 aromatic carbocycles. The van der Waals surface area contributed by atoms with Crippen molar-refractivity contribution in [3.63, 3.8) is 0 Å². The molecule has 9 heteroatoms. The molecule has 1 aliphatic rings. The van der Waals surface area contributed by atoms with Crippen LogP contribution in [-0.4, -0.2) is 50.1 Å². The third-order valence-corrected chi connectivity index (χ3v) is 4.93. The lowest BCUT2D eigenvalue weighted by molar-refractivity contribution is -0.141. The van der Waals surface area contributed by atoms with Crippen molar-refractivity contribution < 1.29 is 28.6 Å².